The number of hydrogen-bond acceptors (Lipinski definition) is 3. The smallest absolute Gasteiger partial charge is 0.256 e. The maximum atomic E-state index is 13.2. The molecule has 0 saturated heterocycles. The average Bonchev–Trinajstić information content (AvgIpc) is 3.51. The van der Waals surface area contributed by atoms with Crippen molar-refractivity contribution >= 4 is 22.5 Å². The van der Waals surface area contributed by atoms with Crippen molar-refractivity contribution < 1.29 is 4.79 Å². The molecule has 1 heterocycles. The summed E-state index contributed by atoms with van der Waals surface area (Å²) in [6.07, 6.45) is 2.33. The molecule has 1 fully saturated rings. The largest absolute Gasteiger partial charge is 0.322 e. The van der Waals surface area contributed by atoms with Gasteiger partial charge in [0.2, 0.25) is 0 Å². The van der Waals surface area contributed by atoms with Crippen LogP contribution in [0.2, 0.25) is 0 Å². The Kier molecular flexibility index (Phi) is 4.90. The number of nitrogens with one attached hydrogen (secondary N) is 2. The number of benzene rings is 2. The van der Waals surface area contributed by atoms with E-state index in [1.165, 1.54) is 0 Å². The van der Waals surface area contributed by atoms with Crippen LogP contribution < -0.4 is 10.6 Å². The Balaban J connectivity index is 1.71. The highest BCUT2D eigenvalue weighted by Crippen LogP contribution is 2.40. The number of nitrogens with zero attached hydrogens (tertiary/aromatic N) is 1. The number of hydrogen-bond donors (Lipinski definition) is 2. The summed E-state index contributed by atoms with van der Waals surface area (Å²) < 4.78 is 0. The van der Waals surface area contributed by atoms with Crippen LogP contribution in [0.3, 0.4) is 0 Å². The standard InChI is InChI=1S/C23H25N3O/c1-3-24-14-17-6-4-5-7-20(17)26-23(27)19-13-22(16-9-10-16)25-21-11-8-15(2)12-18(19)21/h4-8,11-13,16,24H,3,9-10,14H2,1-2H3,(H,26,27). The summed E-state index contributed by atoms with van der Waals surface area (Å²) in [5.74, 6) is 0.433. The molecule has 0 atom stereocenters. The number of aryl methyl sites for hydroxylation is 1. The zero-order chi connectivity index (χ0) is 18.8. The Labute approximate surface area is 160 Å². The third-order valence-corrected chi connectivity index (χ3v) is 5.06. The van der Waals surface area contributed by atoms with Gasteiger partial charge >= 0.3 is 0 Å². The summed E-state index contributed by atoms with van der Waals surface area (Å²) in [7, 11) is 0. The minimum absolute atomic E-state index is 0.0705. The van der Waals surface area contributed by atoms with Crippen LogP contribution in [-0.4, -0.2) is 17.4 Å². The molecule has 2 N–H and O–H groups in total. The lowest BCUT2D eigenvalue weighted by Gasteiger charge is -2.14. The molecule has 0 bridgehead atoms. The van der Waals surface area contributed by atoms with Gasteiger partial charge in [-0.25, -0.2) is 0 Å². The fourth-order valence-corrected chi connectivity index (χ4v) is 3.38. The lowest BCUT2D eigenvalue weighted by molar-refractivity contribution is 0.102. The van der Waals surface area contributed by atoms with Crippen molar-refractivity contribution in [3.8, 4) is 0 Å². The van der Waals surface area contributed by atoms with E-state index in [9.17, 15) is 4.79 Å². The van der Waals surface area contributed by atoms with Gasteiger partial charge in [-0.05, 0) is 56.1 Å². The molecule has 2 aromatic carbocycles. The molecule has 1 aliphatic carbocycles. The van der Waals surface area contributed by atoms with Gasteiger partial charge in [0.1, 0.15) is 0 Å². The van der Waals surface area contributed by atoms with E-state index in [1.807, 2.05) is 43.3 Å². The number of amides is 1. The maximum absolute atomic E-state index is 13.2. The first-order chi connectivity index (χ1) is 13.2. The topological polar surface area (TPSA) is 54.0 Å². The zero-order valence-electron chi connectivity index (χ0n) is 15.9. The molecule has 0 unspecified atom stereocenters. The summed E-state index contributed by atoms with van der Waals surface area (Å²) in [5.41, 5.74) is 5.72. The van der Waals surface area contributed by atoms with E-state index in [2.05, 4.69) is 29.7 Å². The Bertz CT molecular complexity index is 992. The van der Waals surface area contributed by atoms with Gasteiger partial charge in [-0.2, -0.15) is 0 Å². The van der Waals surface area contributed by atoms with Crippen molar-refractivity contribution in [3.05, 3.63) is 70.9 Å². The number of rotatable bonds is 6. The van der Waals surface area contributed by atoms with Gasteiger partial charge in [0, 0.05) is 29.2 Å². The average molecular weight is 359 g/mol. The molecule has 4 rings (SSSR count). The highest BCUT2D eigenvalue weighted by atomic mass is 16.1. The normalized spacial score (nSPS) is 13.7. The second-order valence-electron chi connectivity index (χ2n) is 7.28. The summed E-state index contributed by atoms with van der Waals surface area (Å²) in [6.45, 7) is 5.74. The Hall–Kier alpha value is -2.72. The summed E-state index contributed by atoms with van der Waals surface area (Å²) >= 11 is 0. The van der Waals surface area contributed by atoms with E-state index in [-0.39, 0.29) is 5.91 Å². The molecule has 1 saturated carbocycles. The molecular weight excluding hydrogens is 334 g/mol. The van der Waals surface area contributed by atoms with Crippen molar-refractivity contribution in [3.63, 3.8) is 0 Å². The first-order valence-corrected chi connectivity index (χ1v) is 9.67. The highest BCUT2D eigenvalue weighted by molar-refractivity contribution is 6.12. The van der Waals surface area contributed by atoms with Gasteiger partial charge in [0.25, 0.3) is 5.91 Å². The highest BCUT2D eigenvalue weighted by Gasteiger charge is 2.27. The Morgan fingerprint density at radius 3 is 2.74 bits per heavy atom. The molecule has 3 aromatic rings. The van der Waals surface area contributed by atoms with Gasteiger partial charge in [-0.1, -0.05) is 36.8 Å². The third-order valence-electron chi connectivity index (χ3n) is 5.06. The molecule has 0 spiro atoms. The van der Waals surface area contributed by atoms with Crippen LogP contribution in [-0.2, 0) is 6.54 Å². The van der Waals surface area contributed by atoms with E-state index >= 15 is 0 Å². The lowest BCUT2D eigenvalue weighted by atomic mass is 10.0. The van der Waals surface area contributed by atoms with Crippen LogP contribution in [0.25, 0.3) is 10.9 Å². The van der Waals surface area contributed by atoms with Crippen molar-refractivity contribution in [2.45, 2.75) is 39.2 Å². The molecule has 1 amide bonds. The fourth-order valence-electron chi connectivity index (χ4n) is 3.38. The van der Waals surface area contributed by atoms with Gasteiger partial charge in [0.15, 0.2) is 0 Å². The summed E-state index contributed by atoms with van der Waals surface area (Å²) in [4.78, 5) is 18.0. The number of anilines is 1. The van der Waals surface area contributed by atoms with Crippen LogP contribution in [0.5, 0.6) is 0 Å². The van der Waals surface area contributed by atoms with Crippen molar-refractivity contribution in [2.75, 3.05) is 11.9 Å². The number of para-hydroxylation sites is 1. The summed E-state index contributed by atoms with van der Waals surface area (Å²) in [6, 6.07) is 16.1. The first kappa shape index (κ1) is 17.7. The molecular formula is C23H25N3O. The molecule has 0 radical (unpaired) electrons. The number of carbonyl (C=O) groups is 1. The van der Waals surface area contributed by atoms with Crippen LogP contribution in [0.1, 0.15) is 52.9 Å². The SMILES string of the molecule is CCNCc1ccccc1NC(=O)c1cc(C2CC2)nc2ccc(C)cc12. The third kappa shape index (κ3) is 3.86. The predicted octanol–water partition coefficient (Wildman–Crippen LogP) is 4.78. The quantitative estimate of drug-likeness (QED) is 0.666. The van der Waals surface area contributed by atoms with Crippen molar-refractivity contribution in [2.24, 2.45) is 0 Å². The molecule has 4 nitrogen and oxygen atoms in total. The maximum Gasteiger partial charge on any atom is 0.256 e. The molecule has 1 aliphatic rings. The minimum atomic E-state index is -0.0705. The minimum Gasteiger partial charge on any atom is -0.322 e. The monoisotopic (exact) mass is 359 g/mol. The number of fused-ring (bicyclic) bond motifs is 1. The van der Waals surface area contributed by atoms with Crippen molar-refractivity contribution in [1.29, 1.82) is 0 Å². The van der Waals surface area contributed by atoms with Crippen LogP contribution in [0.4, 0.5) is 5.69 Å². The number of aromatic nitrogens is 1. The predicted molar refractivity (Wildman–Crippen MR) is 110 cm³/mol. The second kappa shape index (κ2) is 7.49. The molecule has 1 aromatic heterocycles. The Morgan fingerprint density at radius 1 is 1.15 bits per heavy atom. The molecule has 138 valence electrons. The van der Waals surface area contributed by atoms with E-state index in [1.54, 1.807) is 0 Å². The zero-order valence-corrected chi connectivity index (χ0v) is 15.9. The molecule has 4 heteroatoms. The molecule has 0 aliphatic heterocycles. The van der Waals surface area contributed by atoms with Gasteiger partial charge in [-0.3, -0.25) is 9.78 Å². The van der Waals surface area contributed by atoms with E-state index in [4.69, 9.17) is 4.98 Å². The molecule has 27 heavy (non-hydrogen) atoms. The van der Waals surface area contributed by atoms with Crippen LogP contribution in [0.15, 0.2) is 48.5 Å². The second-order valence-corrected chi connectivity index (χ2v) is 7.28. The van der Waals surface area contributed by atoms with Gasteiger partial charge < -0.3 is 10.6 Å². The van der Waals surface area contributed by atoms with Gasteiger partial charge in [0.05, 0.1) is 11.1 Å². The Morgan fingerprint density at radius 2 is 1.96 bits per heavy atom. The number of carbonyl (C=O) groups excluding carboxylic acids is 1. The van der Waals surface area contributed by atoms with Crippen molar-refractivity contribution in [1.82, 2.24) is 10.3 Å². The first-order valence-electron chi connectivity index (χ1n) is 9.67. The van der Waals surface area contributed by atoms with Gasteiger partial charge in [-0.15, -0.1) is 0 Å². The van der Waals surface area contributed by atoms with E-state index < -0.39 is 0 Å². The van der Waals surface area contributed by atoms with Crippen LogP contribution in [0, 0.1) is 6.92 Å². The van der Waals surface area contributed by atoms with E-state index in [0.717, 1.165) is 59.3 Å². The summed E-state index contributed by atoms with van der Waals surface area (Å²) in [5, 5.41) is 7.37. The van der Waals surface area contributed by atoms with E-state index in [0.29, 0.717) is 11.5 Å². The van der Waals surface area contributed by atoms with Crippen LogP contribution >= 0.6 is 0 Å². The fraction of sp³-hybridized carbons (Fsp3) is 0.304. The lowest BCUT2D eigenvalue weighted by Crippen LogP contribution is -2.17. The number of pyridine rings is 1.